The van der Waals surface area contributed by atoms with E-state index in [1.165, 1.54) is 57.4 Å². The monoisotopic (exact) mass is 365 g/mol. The fourth-order valence-corrected chi connectivity index (χ4v) is 2.77. The van der Waals surface area contributed by atoms with E-state index in [0.717, 1.165) is 12.8 Å². The summed E-state index contributed by atoms with van der Waals surface area (Å²) in [6.45, 7) is 4.95. The Balaban J connectivity index is 2.06. The number of rotatable bonds is 14. The summed E-state index contributed by atoms with van der Waals surface area (Å²) in [7, 11) is 0. The molecule has 0 heterocycles. The van der Waals surface area contributed by atoms with E-state index in [0.29, 0.717) is 24.7 Å². The van der Waals surface area contributed by atoms with Crippen molar-refractivity contribution in [2.75, 3.05) is 18.5 Å². The predicted octanol–water partition coefficient (Wildman–Crippen LogP) is 6.26. The molecule has 148 valence electrons. The summed E-state index contributed by atoms with van der Waals surface area (Å²) in [5.41, 5.74) is 0.541. The highest BCUT2D eigenvalue weighted by atomic mass is 16.5. The van der Waals surface area contributed by atoms with E-state index in [9.17, 15) is 9.90 Å². The number of carbonyl (C=O) groups excluding carboxylic acids is 1. The van der Waals surface area contributed by atoms with Crippen molar-refractivity contribution >= 4 is 11.8 Å². The number of aromatic hydroxyl groups is 1. The Morgan fingerprint density at radius 1 is 0.962 bits per heavy atom. The van der Waals surface area contributed by atoms with Crippen LogP contribution in [0.2, 0.25) is 0 Å². The molecule has 0 spiro atoms. The zero-order valence-electron chi connectivity index (χ0n) is 16.4. The first kappa shape index (κ1) is 22.1. The van der Waals surface area contributed by atoms with Crippen molar-refractivity contribution in [1.82, 2.24) is 0 Å². The van der Waals surface area contributed by atoms with E-state index in [4.69, 9.17) is 9.47 Å². The summed E-state index contributed by atoms with van der Waals surface area (Å²) < 4.78 is 10.5. The van der Waals surface area contributed by atoms with Gasteiger partial charge in [0, 0.05) is 11.8 Å². The average Bonchev–Trinajstić information content (AvgIpc) is 2.62. The molecule has 0 radical (unpaired) electrons. The summed E-state index contributed by atoms with van der Waals surface area (Å²) in [4.78, 5) is 11.8. The van der Waals surface area contributed by atoms with Crippen molar-refractivity contribution in [3.8, 4) is 11.5 Å². The Hall–Kier alpha value is -1.91. The van der Waals surface area contributed by atoms with Crippen LogP contribution in [0.5, 0.6) is 11.5 Å². The lowest BCUT2D eigenvalue weighted by atomic mass is 10.1. The second kappa shape index (κ2) is 14.3. The summed E-state index contributed by atoms with van der Waals surface area (Å²) >= 11 is 0. The van der Waals surface area contributed by atoms with Gasteiger partial charge in [0.15, 0.2) is 11.5 Å². The molecule has 0 bridgehead atoms. The Kier molecular flexibility index (Phi) is 12.2. The molecule has 1 amide bonds. The average molecular weight is 366 g/mol. The molecular formula is C21H35NO4. The van der Waals surface area contributed by atoms with Crippen LogP contribution in [0.1, 0.15) is 78.1 Å². The minimum atomic E-state index is -0.478. The first-order chi connectivity index (χ1) is 12.7. The van der Waals surface area contributed by atoms with Gasteiger partial charge in [-0.3, -0.25) is 5.32 Å². The second-order valence-electron chi connectivity index (χ2n) is 6.56. The molecule has 0 aliphatic heterocycles. The molecule has 0 aliphatic carbocycles. The summed E-state index contributed by atoms with van der Waals surface area (Å²) in [5, 5.41) is 12.3. The van der Waals surface area contributed by atoms with Gasteiger partial charge in [0.25, 0.3) is 0 Å². The molecule has 26 heavy (non-hydrogen) atoms. The molecular weight excluding hydrogens is 330 g/mol. The Labute approximate surface area is 158 Å². The van der Waals surface area contributed by atoms with Crippen molar-refractivity contribution in [2.45, 2.75) is 78.1 Å². The topological polar surface area (TPSA) is 67.8 Å². The van der Waals surface area contributed by atoms with Crippen molar-refractivity contribution in [3.05, 3.63) is 18.2 Å². The third-order valence-electron chi connectivity index (χ3n) is 4.24. The predicted molar refractivity (Wildman–Crippen MR) is 106 cm³/mol. The van der Waals surface area contributed by atoms with Crippen molar-refractivity contribution < 1.29 is 19.4 Å². The van der Waals surface area contributed by atoms with Gasteiger partial charge in [0.1, 0.15) is 0 Å². The van der Waals surface area contributed by atoms with Gasteiger partial charge in [0.2, 0.25) is 0 Å². The number of nitrogens with one attached hydrogen (secondary N) is 1. The molecule has 1 aromatic rings. The van der Waals surface area contributed by atoms with Crippen molar-refractivity contribution in [3.63, 3.8) is 0 Å². The number of anilines is 1. The third kappa shape index (κ3) is 10.2. The Morgan fingerprint density at radius 3 is 2.19 bits per heavy atom. The van der Waals surface area contributed by atoms with Gasteiger partial charge in [-0.05, 0) is 25.5 Å². The first-order valence-corrected chi connectivity index (χ1v) is 10.1. The van der Waals surface area contributed by atoms with Crippen LogP contribution in [0, 0.1) is 0 Å². The van der Waals surface area contributed by atoms with Gasteiger partial charge in [-0.2, -0.15) is 0 Å². The smallest absolute Gasteiger partial charge is 0.411 e. The summed E-state index contributed by atoms with van der Waals surface area (Å²) in [6.07, 6.45) is 12.0. The SMILES string of the molecule is CCCCCCCCCCCCOC(=O)Nc1ccc(O)c(OCC)c1. The molecule has 0 aliphatic rings. The van der Waals surface area contributed by atoms with E-state index in [2.05, 4.69) is 12.2 Å². The molecule has 0 aromatic heterocycles. The highest BCUT2D eigenvalue weighted by Gasteiger charge is 2.07. The van der Waals surface area contributed by atoms with Crippen LogP contribution in [0.15, 0.2) is 18.2 Å². The van der Waals surface area contributed by atoms with Gasteiger partial charge in [-0.15, -0.1) is 0 Å². The number of amides is 1. The van der Waals surface area contributed by atoms with Crippen LogP contribution in [0.3, 0.4) is 0 Å². The number of unbranched alkanes of at least 4 members (excludes halogenated alkanes) is 9. The van der Waals surface area contributed by atoms with E-state index in [1.54, 1.807) is 12.1 Å². The number of hydrogen-bond donors (Lipinski definition) is 2. The zero-order chi connectivity index (χ0) is 19.0. The minimum absolute atomic E-state index is 0.0520. The Bertz CT molecular complexity index is 505. The molecule has 0 saturated heterocycles. The largest absolute Gasteiger partial charge is 0.504 e. The lowest BCUT2D eigenvalue weighted by molar-refractivity contribution is 0.159. The van der Waals surface area contributed by atoms with Crippen molar-refractivity contribution in [1.29, 1.82) is 0 Å². The fraction of sp³-hybridized carbons (Fsp3) is 0.667. The third-order valence-corrected chi connectivity index (χ3v) is 4.24. The number of carbonyl (C=O) groups is 1. The van der Waals surface area contributed by atoms with Crippen LogP contribution >= 0.6 is 0 Å². The number of hydrogen-bond acceptors (Lipinski definition) is 4. The number of phenolic OH excluding ortho intramolecular Hbond substituents is 1. The quantitative estimate of drug-likeness (QED) is 0.301. The lowest BCUT2D eigenvalue weighted by Gasteiger charge is -2.10. The maximum absolute atomic E-state index is 11.8. The molecule has 0 saturated carbocycles. The molecule has 0 unspecified atom stereocenters. The van der Waals surface area contributed by atoms with E-state index in [-0.39, 0.29) is 5.75 Å². The van der Waals surface area contributed by atoms with E-state index < -0.39 is 6.09 Å². The molecule has 0 fully saturated rings. The molecule has 1 rings (SSSR count). The van der Waals surface area contributed by atoms with Gasteiger partial charge >= 0.3 is 6.09 Å². The molecule has 2 N–H and O–H groups in total. The van der Waals surface area contributed by atoms with Crippen LogP contribution in [-0.4, -0.2) is 24.4 Å². The highest BCUT2D eigenvalue weighted by molar-refractivity contribution is 5.85. The lowest BCUT2D eigenvalue weighted by Crippen LogP contribution is -2.14. The van der Waals surface area contributed by atoms with Gasteiger partial charge in [-0.25, -0.2) is 4.79 Å². The maximum atomic E-state index is 11.8. The summed E-state index contributed by atoms with van der Waals surface area (Å²) in [5.74, 6) is 0.399. The van der Waals surface area contributed by atoms with Crippen LogP contribution < -0.4 is 10.1 Å². The molecule has 5 heteroatoms. The van der Waals surface area contributed by atoms with Crippen LogP contribution in [0.4, 0.5) is 10.5 Å². The normalized spacial score (nSPS) is 10.5. The van der Waals surface area contributed by atoms with E-state index >= 15 is 0 Å². The van der Waals surface area contributed by atoms with Gasteiger partial charge < -0.3 is 14.6 Å². The number of phenols is 1. The minimum Gasteiger partial charge on any atom is -0.504 e. The fourth-order valence-electron chi connectivity index (χ4n) is 2.77. The van der Waals surface area contributed by atoms with E-state index in [1.807, 2.05) is 6.92 Å². The highest BCUT2D eigenvalue weighted by Crippen LogP contribution is 2.29. The number of benzene rings is 1. The van der Waals surface area contributed by atoms with Gasteiger partial charge in [-0.1, -0.05) is 64.7 Å². The Morgan fingerprint density at radius 2 is 1.58 bits per heavy atom. The van der Waals surface area contributed by atoms with Crippen LogP contribution in [0.25, 0.3) is 0 Å². The zero-order valence-corrected chi connectivity index (χ0v) is 16.4. The second-order valence-corrected chi connectivity index (χ2v) is 6.56. The standard InChI is InChI=1S/C21H35NO4/c1-3-5-6-7-8-9-10-11-12-13-16-26-21(24)22-18-14-15-19(23)20(17-18)25-4-2/h14-15,17,23H,3-13,16H2,1-2H3,(H,22,24). The molecule has 0 atom stereocenters. The van der Waals surface area contributed by atoms with Gasteiger partial charge in [0.05, 0.1) is 13.2 Å². The maximum Gasteiger partial charge on any atom is 0.411 e. The number of ether oxygens (including phenoxy) is 2. The summed E-state index contributed by atoms with van der Waals surface area (Å²) in [6, 6.07) is 4.68. The first-order valence-electron chi connectivity index (χ1n) is 10.1. The molecule has 1 aromatic carbocycles. The molecule has 5 nitrogen and oxygen atoms in total. The van der Waals surface area contributed by atoms with Crippen molar-refractivity contribution in [2.24, 2.45) is 0 Å². The van der Waals surface area contributed by atoms with Crippen LogP contribution in [-0.2, 0) is 4.74 Å².